The number of unbranched alkanes of at least 4 members (excludes halogenated alkanes) is 1. The molecule has 4 heteroatoms. The third-order valence-corrected chi connectivity index (χ3v) is 3.59. The molecule has 114 valence electrons. The summed E-state index contributed by atoms with van der Waals surface area (Å²) in [6.07, 6.45) is 6.86. The van der Waals surface area contributed by atoms with Crippen LogP contribution in [0.2, 0.25) is 0 Å². The fourth-order valence-electron chi connectivity index (χ4n) is 2.19. The highest BCUT2D eigenvalue weighted by Gasteiger charge is 2.09. The van der Waals surface area contributed by atoms with Gasteiger partial charge in [0.25, 0.3) is 0 Å². The summed E-state index contributed by atoms with van der Waals surface area (Å²) in [6, 6.07) is 7.72. The van der Waals surface area contributed by atoms with Crippen molar-refractivity contribution < 1.29 is 9.84 Å². The number of imidazole rings is 1. The summed E-state index contributed by atoms with van der Waals surface area (Å²) in [5, 5.41) is 10.2. The van der Waals surface area contributed by atoms with Crippen molar-refractivity contribution in [2.45, 2.75) is 38.7 Å². The van der Waals surface area contributed by atoms with E-state index in [9.17, 15) is 5.11 Å². The molecule has 0 spiro atoms. The fourth-order valence-corrected chi connectivity index (χ4v) is 2.19. The molecule has 21 heavy (non-hydrogen) atoms. The Morgan fingerprint density at radius 2 is 2.05 bits per heavy atom. The van der Waals surface area contributed by atoms with Crippen molar-refractivity contribution in [3.63, 3.8) is 0 Å². The molecular weight excluding hydrogens is 264 g/mol. The van der Waals surface area contributed by atoms with E-state index in [0.29, 0.717) is 6.42 Å². The maximum atomic E-state index is 10.2. The van der Waals surface area contributed by atoms with Gasteiger partial charge in [0, 0.05) is 25.9 Å². The van der Waals surface area contributed by atoms with E-state index in [1.165, 1.54) is 0 Å². The molecule has 0 saturated heterocycles. The minimum Gasteiger partial charge on any atom is -0.494 e. The highest BCUT2D eigenvalue weighted by molar-refractivity contribution is 5.28. The van der Waals surface area contributed by atoms with Crippen LogP contribution in [-0.4, -0.2) is 21.3 Å². The Bertz CT molecular complexity index is 534. The van der Waals surface area contributed by atoms with E-state index in [1.807, 2.05) is 42.1 Å². The summed E-state index contributed by atoms with van der Waals surface area (Å²) in [4.78, 5) is 4.27. The maximum absolute atomic E-state index is 10.2. The monoisotopic (exact) mass is 288 g/mol. The first kappa shape index (κ1) is 15.6. The lowest BCUT2D eigenvalue weighted by Crippen LogP contribution is -2.04. The van der Waals surface area contributed by atoms with E-state index >= 15 is 0 Å². The standard InChI is InChI=1S/C17H24N2O2/c1-3-4-13-21-15-7-5-14(6-8-15)16(20)9-10-17-18-11-12-19(17)2/h5-8,11-12,16,20H,3-4,9-10,13H2,1-2H3. The summed E-state index contributed by atoms with van der Waals surface area (Å²) in [5.74, 6) is 1.86. The Labute approximate surface area is 126 Å². The van der Waals surface area contributed by atoms with Crippen LogP contribution in [0.4, 0.5) is 0 Å². The summed E-state index contributed by atoms with van der Waals surface area (Å²) in [7, 11) is 1.97. The van der Waals surface area contributed by atoms with E-state index in [0.717, 1.165) is 43.0 Å². The summed E-state index contributed by atoms with van der Waals surface area (Å²) >= 11 is 0. The van der Waals surface area contributed by atoms with Crippen molar-refractivity contribution in [3.05, 3.63) is 48.0 Å². The minimum atomic E-state index is -0.466. The SMILES string of the molecule is CCCCOc1ccc(C(O)CCc2nccn2C)cc1. The molecule has 0 saturated carbocycles. The van der Waals surface area contributed by atoms with Crippen LogP contribution in [0.5, 0.6) is 5.75 Å². The molecule has 1 N–H and O–H groups in total. The van der Waals surface area contributed by atoms with Crippen molar-refractivity contribution >= 4 is 0 Å². The molecule has 4 nitrogen and oxygen atoms in total. The van der Waals surface area contributed by atoms with Gasteiger partial charge in [0.15, 0.2) is 0 Å². The molecule has 0 fully saturated rings. The maximum Gasteiger partial charge on any atom is 0.119 e. The number of aliphatic hydroxyl groups is 1. The first-order chi connectivity index (χ1) is 10.2. The topological polar surface area (TPSA) is 47.3 Å². The van der Waals surface area contributed by atoms with Gasteiger partial charge in [-0.15, -0.1) is 0 Å². The van der Waals surface area contributed by atoms with Crippen LogP contribution in [0.25, 0.3) is 0 Å². The Kier molecular flexibility index (Phi) is 5.81. The molecule has 1 aromatic heterocycles. The number of aryl methyl sites for hydroxylation is 2. The summed E-state index contributed by atoms with van der Waals surface area (Å²) in [6.45, 7) is 2.89. The Balaban J connectivity index is 1.84. The van der Waals surface area contributed by atoms with Crippen molar-refractivity contribution in [1.82, 2.24) is 9.55 Å². The number of benzene rings is 1. The lowest BCUT2D eigenvalue weighted by molar-refractivity contribution is 0.166. The van der Waals surface area contributed by atoms with E-state index in [4.69, 9.17) is 4.74 Å². The van der Waals surface area contributed by atoms with Gasteiger partial charge in [-0.3, -0.25) is 0 Å². The predicted molar refractivity (Wildman–Crippen MR) is 83.3 cm³/mol. The number of ether oxygens (including phenoxy) is 1. The largest absolute Gasteiger partial charge is 0.494 e. The lowest BCUT2D eigenvalue weighted by Gasteiger charge is -2.12. The van der Waals surface area contributed by atoms with Gasteiger partial charge in [-0.05, 0) is 30.5 Å². The van der Waals surface area contributed by atoms with Crippen LogP contribution in [0.15, 0.2) is 36.7 Å². The first-order valence-electron chi connectivity index (χ1n) is 7.57. The quantitative estimate of drug-likeness (QED) is 0.758. The molecular formula is C17H24N2O2. The van der Waals surface area contributed by atoms with Crippen molar-refractivity contribution in [3.8, 4) is 5.75 Å². The van der Waals surface area contributed by atoms with Crippen LogP contribution in [0.1, 0.15) is 43.7 Å². The molecule has 0 aliphatic heterocycles. The smallest absolute Gasteiger partial charge is 0.119 e. The predicted octanol–water partition coefficient (Wildman–Crippen LogP) is 3.27. The van der Waals surface area contributed by atoms with Gasteiger partial charge in [0.2, 0.25) is 0 Å². The van der Waals surface area contributed by atoms with Gasteiger partial charge >= 0.3 is 0 Å². The van der Waals surface area contributed by atoms with Gasteiger partial charge in [-0.2, -0.15) is 0 Å². The zero-order chi connectivity index (χ0) is 15.1. The zero-order valence-electron chi connectivity index (χ0n) is 12.8. The van der Waals surface area contributed by atoms with Crippen molar-refractivity contribution in [2.24, 2.45) is 7.05 Å². The fraction of sp³-hybridized carbons (Fsp3) is 0.471. The molecule has 1 unspecified atom stereocenters. The Morgan fingerprint density at radius 3 is 2.67 bits per heavy atom. The van der Waals surface area contributed by atoms with Gasteiger partial charge in [-0.1, -0.05) is 25.5 Å². The van der Waals surface area contributed by atoms with Crippen molar-refractivity contribution in [1.29, 1.82) is 0 Å². The van der Waals surface area contributed by atoms with Crippen LogP contribution in [0.3, 0.4) is 0 Å². The molecule has 1 atom stereocenters. The second-order valence-corrected chi connectivity index (χ2v) is 5.28. The molecule has 0 bridgehead atoms. The number of aromatic nitrogens is 2. The van der Waals surface area contributed by atoms with E-state index < -0.39 is 6.10 Å². The average molecular weight is 288 g/mol. The number of nitrogens with zero attached hydrogens (tertiary/aromatic N) is 2. The van der Waals surface area contributed by atoms with Gasteiger partial charge in [-0.25, -0.2) is 4.98 Å². The number of hydrogen-bond donors (Lipinski definition) is 1. The highest BCUT2D eigenvalue weighted by atomic mass is 16.5. The Morgan fingerprint density at radius 1 is 1.29 bits per heavy atom. The van der Waals surface area contributed by atoms with Gasteiger partial charge < -0.3 is 14.4 Å². The summed E-state index contributed by atoms with van der Waals surface area (Å²) in [5.41, 5.74) is 0.923. The van der Waals surface area contributed by atoms with Crippen LogP contribution >= 0.6 is 0 Å². The molecule has 2 aromatic rings. The lowest BCUT2D eigenvalue weighted by atomic mass is 10.0. The van der Waals surface area contributed by atoms with Gasteiger partial charge in [0.1, 0.15) is 11.6 Å². The zero-order valence-corrected chi connectivity index (χ0v) is 12.8. The highest BCUT2D eigenvalue weighted by Crippen LogP contribution is 2.21. The van der Waals surface area contributed by atoms with Crippen molar-refractivity contribution in [2.75, 3.05) is 6.61 Å². The van der Waals surface area contributed by atoms with Crippen LogP contribution in [-0.2, 0) is 13.5 Å². The number of rotatable bonds is 8. The first-order valence-corrected chi connectivity index (χ1v) is 7.57. The van der Waals surface area contributed by atoms with Crippen LogP contribution in [0, 0.1) is 0 Å². The molecule has 0 aliphatic carbocycles. The second kappa shape index (κ2) is 7.84. The average Bonchev–Trinajstić information content (AvgIpc) is 2.91. The molecule has 1 heterocycles. The molecule has 0 aliphatic rings. The molecule has 2 rings (SSSR count). The number of aliphatic hydroxyl groups excluding tert-OH is 1. The summed E-state index contributed by atoms with van der Waals surface area (Å²) < 4.78 is 7.60. The third kappa shape index (κ3) is 4.60. The molecule has 1 aromatic carbocycles. The van der Waals surface area contributed by atoms with Gasteiger partial charge in [0.05, 0.1) is 12.7 Å². The van der Waals surface area contributed by atoms with E-state index in [2.05, 4.69) is 11.9 Å². The molecule has 0 radical (unpaired) electrons. The second-order valence-electron chi connectivity index (χ2n) is 5.28. The van der Waals surface area contributed by atoms with E-state index in [1.54, 1.807) is 6.20 Å². The van der Waals surface area contributed by atoms with Crippen LogP contribution < -0.4 is 4.74 Å². The molecule has 0 amide bonds. The Hall–Kier alpha value is -1.81. The minimum absolute atomic E-state index is 0.466. The number of hydrogen-bond acceptors (Lipinski definition) is 3. The van der Waals surface area contributed by atoms with E-state index in [-0.39, 0.29) is 0 Å². The third-order valence-electron chi connectivity index (χ3n) is 3.59. The normalized spacial score (nSPS) is 12.3.